The van der Waals surface area contributed by atoms with E-state index in [9.17, 15) is 4.79 Å². The first kappa shape index (κ1) is 15.5. The number of carbonyl (C=O) groups is 1. The topological polar surface area (TPSA) is 41.6 Å². The second-order valence-corrected chi connectivity index (χ2v) is 5.78. The Balaban J connectivity index is 1.57. The van der Waals surface area contributed by atoms with Gasteiger partial charge in [0.25, 0.3) is 0 Å². The molecule has 1 heterocycles. The molecule has 3 rings (SSSR count). The fourth-order valence-electron chi connectivity index (χ4n) is 2.39. The number of nitrogens with one attached hydrogen (secondary N) is 1. The Bertz CT molecular complexity index is 676. The first-order valence-electron chi connectivity index (χ1n) is 7.61. The third-order valence-electron chi connectivity index (χ3n) is 3.69. The van der Waals surface area contributed by atoms with E-state index in [-0.39, 0.29) is 0 Å². The van der Waals surface area contributed by atoms with Gasteiger partial charge in [-0.05, 0) is 48.6 Å². The van der Waals surface area contributed by atoms with Gasteiger partial charge < -0.3 is 15.0 Å². The molecule has 0 atom stereocenters. The van der Waals surface area contributed by atoms with Gasteiger partial charge >= 0.3 is 0 Å². The molecular weight excluding hydrogens is 308 g/mol. The maximum atomic E-state index is 11.3. The van der Waals surface area contributed by atoms with E-state index in [0.717, 1.165) is 17.2 Å². The van der Waals surface area contributed by atoms with E-state index in [1.807, 2.05) is 59.5 Å². The van der Waals surface area contributed by atoms with E-state index < -0.39 is 0 Å². The van der Waals surface area contributed by atoms with Crippen molar-refractivity contribution in [3.63, 3.8) is 0 Å². The van der Waals surface area contributed by atoms with Crippen LogP contribution in [0.4, 0.5) is 5.69 Å². The first-order valence-corrected chi connectivity index (χ1v) is 8.02. The van der Waals surface area contributed by atoms with Gasteiger partial charge in [-0.1, -0.05) is 18.2 Å². The zero-order valence-electron chi connectivity index (χ0n) is 12.7. The fourth-order valence-corrected chi connectivity index (χ4v) is 2.69. The standard InChI is InChI=1S/C18H18N2O2S/c21-15-10-12-20(13-11-15)18(23)19-14-6-8-17(9-7-14)22-16-4-2-1-3-5-16/h1-9H,10-13H2,(H,19,23). The van der Waals surface area contributed by atoms with Crippen LogP contribution in [0.5, 0.6) is 11.5 Å². The molecule has 1 saturated heterocycles. The van der Waals surface area contributed by atoms with E-state index in [1.54, 1.807) is 0 Å². The third-order valence-corrected chi connectivity index (χ3v) is 4.05. The summed E-state index contributed by atoms with van der Waals surface area (Å²) >= 11 is 5.40. The highest BCUT2D eigenvalue weighted by atomic mass is 32.1. The van der Waals surface area contributed by atoms with Crippen molar-refractivity contribution in [2.75, 3.05) is 18.4 Å². The number of likely N-dealkylation sites (tertiary alicyclic amines) is 1. The van der Waals surface area contributed by atoms with Crippen LogP contribution < -0.4 is 10.1 Å². The molecule has 1 N–H and O–H groups in total. The molecule has 0 radical (unpaired) electrons. The number of benzene rings is 2. The zero-order valence-corrected chi connectivity index (χ0v) is 13.5. The van der Waals surface area contributed by atoms with Gasteiger partial charge in [-0.3, -0.25) is 4.79 Å². The lowest BCUT2D eigenvalue weighted by Gasteiger charge is -2.28. The van der Waals surface area contributed by atoms with E-state index in [0.29, 0.717) is 36.8 Å². The number of nitrogens with zero attached hydrogens (tertiary/aromatic N) is 1. The van der Waals surface area contributed by atoms with Crippen LogP contribution in [-0.4, -0.2) is 28.9 Å². The zero-order chi connectivity index (χ0) is 16.1. The lowest BCUT2D eigenvalue weighted by molar-refractivity contribution is -0.120. The first-order chi connectivity index (χ1) is 11.2. The molecule has 1 aliphatic rings. The summed E-state index contributed by atoms with van der Waals surface area (Å²) < 4.78 is 5.76. The molecule has 0 amide bonds. The van der Waals surface area contributed by atoms with E-state index in [4.69, 9.17) is 17.0 Å². The van der Waals surface area contributed by atoms with Gasteiger partial charge in [0, 0.05) is 31.6 Å². The highest BCUT2D eigenvalue weighted by Crippen LogP contribution is 2.22. The number of hydrogen-bond acceptors (Lipinski definition) is 3. The number of anilines is 1. The SMILES string of the molecule is O=C1CCN(C(=S)Nc2ccc(Oc3ccccc3)cc2)CC1. The van der Waals surface area contributed by atoms with Crippen molar-refractivity contribution in [3.8, 4) is 11.5 Å². The number of carbonyl (C=O) groups excluding carboxylic acids is 1. The predicted octanol–water partition coefficient (Wildman–Crippen LogP) is 3.84. The van der Waals surface area contributed by atoms with Crippen LogP contribution >= 0.6 is 12.2 Å². The average molecular weight is 326 g/mol. The summed E-state index contributed by atoms with van der Waals surface area (Å²) in [6, 6.07) is 17.3. The summed E-state index contributed by atoms with van der Waals surface area (Å²) in [6.45, 7) is 1.39. The van der Waals surface area contributed by atoms with Crippen molar-refractivity contribution >= 4 is 28.8 Å². The Labute approximate surface area is 141 Å². The molecule has 2 aromatic carbocycles. The van der Waals surface area contributed by atoms with Gasteiger partial charge in [0.05, 0.1) is 0 Å². The molecule has 0 unspecified atom stereocenters. The normalized spacial score (nSPS) is 14.4. The summed E-state index contributed by atoms with van der Waals surface area (Å²) in [7, 11) is 0. The number of hydrogen-bond donors (Lipinski definition) is 1. The van der Waals surface area contributed by atoms with Crippen LogP contribution in [0.2, 0.25) is 0 Å². The van der Waals surface area contributed by atoms with Crippen LogP contribution in [0.25, 0.3) is 0 Å². The van der Waals surface area contributed by atoms with E-state index in [2.05, 4.69) is 5.32 Å². The smallest absolute Gasteiger partial charge is 0.173 e. The summed E-state index contributed by atoms with van der Waals surface area (Å²) in [5.41, 5.74) is 0.910. The van der Waals surface area contributed by atoms with Crippen LogP contribution in [0.3, 0.4) is 0 Å². The van der Waals surface area contributed by atoms with Crippen molar-refractivity contribution in [1.82, 2.24) is 4.90 Å². The molecule has 1 aliphatic heterocycles. The van der Waals surface area contributed by atoms with Crippen LogP contribution in [0.1, 0.15) is 12.8 Å². The van der Waals surface area contributed by atoms with Crippen molar-refractivity contribution in [3.05, 3.63) is 54.6 Å². The Morgan fingerprint density at radius 2 is 1.57 bits per heavy atom. The molecule has 0 spiro atoms. The number of rotatable bonds is 3. The van der Waals surface area contributed by atoms with E-state index in [1.165, 1.54) is 0 Å². The Morgan fingerprint density at radius 1 is 0.957 bits per heavy atom. The van der Waals surface area contributed by atoms with Crippen molar-refractivity contribution in [2.45, 2.75) is 12.8 Å². The second kappa shape index (κ2) is 7.24. The van der Waals surface area contributed by atoms with Gasteiger partial charge in [-0.25, -0.2) is 0 Å². The number of ketones is 1. The Hall–Kier alpha value is -2.40. The quantitative estimate of drug-likeness (QED) is 0.868. The summed E-state index contributed by atoms with van der Waals surface area (Å²) in [6.07, 6.45) is 1.15. The minimum absolute atomic E-state index is 0.312. The summed E-state index contributed by atoms with van der Waals surface area (Å²) in [5.74, 6) is 1.89. The molecule has 0 saturated carbocycles. The highest BCUT2D eigenvalue weighted by Gasteiger charge is 2.18. The number of Topliss-reactive ketones (excluding diaryl/α,β-unsaturated/α-hetero) is 1. The minimum Gasteiger partial charge on any atom is -0.457 e. The molecule has 2 aromatic rings. The third kappa shape index (κ3) is 4.29. The molecule has 4 nitrogen and oxygen atoms in total. The second-order valence-electron chi connectivity index (χ2n) is 5.40. The van der Waals surface area contributed by atoms with Gasteiger partial charge in [-0.15, -0.1) is 0 Å². The van der Waals surface area contributed by atoms with Crippen molar-refractivity contribution in [2.24, 2.45) is 0 Å². The molecule has 1 fully saturated rings. The van der Waals surface area contributed by atoms with Gasteiger partial charge in [0.1, 0.15) is 17.3 Å². The van der Waals surface area contributed by atoms with Crippen molar-refractivity contribution < 1.29 is 9.53 Å². The fraction of sp³-hybridized carbons (Fsp3) is 0.222. The Morgan fingerprint density at radius 3 is 2.22 bits per heavy atom. The minimum atomic E-state index is 0.312. The van der Waals surface area contributed by atoms with Gasteiger partial charge in [0.15, 0.2) is 5.11 Å². The summed E-state index contributed by atoms with van der Waals surface area (Å²) in [4.78, 5) is 13.3. The highest BCUT2D eigenvalue weighted by molar-refractivity contribution is 7.80. The average Bonchev–Trinajstić information content (AvgIpc) is 2.58. The largest absolute Gasteiger partial charge is 0.457 e. The number of thiocarbonyl (C=S) groups is 1. The van der Waals surface area contributed by atoms with Crippen LogP contribution in [0.15, 0.2) is 54.6 Å². The number of ether oxygens (including phenoxy) is 1. The molecule has 0 aliphatic carbocycles. The maximum Gasteiger partial charge on any atom is 0.173 e. The summed E-state index contributed by atoms with van der Waals surface area (Å²) in [5, 5.41) is 3.87. The lowest BCUT2D eigenvalue weighted by atomic mass is 10.1. The predicted molar refractivity (Wildman–Crippen MR) is 95.0 cm³/mol. The number of piperidine rings is 1. The van der Waals surface area contributed by atoms with E-state index >= 15 is 0 Å². The molecule has 0 bridgehead atoms. The molecule has 0 aromatic heterocycles. The van der Waals surface area contributed by atoms with Crippen molar-refractivity contribution in [1.29, 1.82) is 0 Å². The molecule has 23 heavy (non-hydrogen) atoms. The molecule has 5 heteroatoms. The molecular formula is C18H18N2O2S. The molecule has 118 valence electrons. The van der Waals surface area contributed by atoms with Crippen LogP contribution in [-0.2, 0) is 4.79 Å². The lowest BCUT2D eigenvalue weighted by Crippen LogP contribution is -2.40. The Kier molecular flexibility index (Phi) is 4.88. The number of para-hydroxylation sites is 1. The van der Waals surface area contributed by atoms with Gasteiger partial charge in [-0.2, -0.15) is 0 Å². The van der Waals surface area contributed by atoms with Gasteiger partial charge in [0.2, 0.25) is 0 Å². The van der Waals surface area contributed by atoms with Crippen LogP contribution in [0, 0.1) is 0 Å². The maximum absolute atomic E-state index is 11.3. The monoisotopic (exact) mass is 326 g/mol.